The number of ether oxygens (including phenoxy) is 1. The molecule has 0 rings (SSSR count). The predicted octanol–water partition coefficient (Wildman–Crippen LogP) is 4.98. The minimum atomic E-state index is 0.453. The lowest BCUT2D eigenvalue weighted by molar-refractivity contribution is -0.123. The maximum absolute atomic E-state index is 9.83. The first-order valence-electron chi connectivity index (χ1n) is 7.16. The van der Waals surface area contributed by atoms with Crippen LogP contribution in [0.2, 0.25) is 0 Å². The summed E-state index contributed by atoms with van der Waals surface area (Å²) >= 11 is 0. The SMILES string of the molecule is CCCCCCCCCCCC/C=C/OC=O. The summed E-state index contributed by atoms with van der Waals surface area (Å²) < 4.78 is 4.46. The van der Waals surface area contributed by atoms with Crippen LogP contribution >= 0.6 is 0 Å². The molecular formula is C15H28O2. The fraction of sp³-hybridized carbons (Fsp3) is 0.800. The van der Waals surface area contributed by atoms with Gasteiger partial charge in [-0.3, -0.25) is 4.79 Å². The van der Waals surface area contributed by atoms with Gasteiger partial charge in [-0.15, -0.1) is 0 Å². The second kappa shape index (κ2) is 15.2. The average molecular weight is 240 g/mol. The molecule has 0 aliphatic carbocycles. The van der Waals surface area contributed by atoms with Crippen LogP contribution in [0.15, 0.2) is 12.3 Å². The summed E-state index contributed by atoms with van der Waals surface area (Å²) in [6.45, 7) is 2.71. The molecule has 0 aromatic carbocycles. The second-order valence-electron chi connectivity index (χ2n) is 4.57. The number of carbonyl (C=O) groups is 1. The van der Waals surface area contributed by atoms with Crippen molar-refractivity contribution in [1.82, 2.24) is 0 Å². The highest BCUT2D eigenvalue weighted by Gasteiger charge is 1.91. The van der Waals surface area contributed by atoms with Gasteiger partial charge in [0.25, 0.3) is 6.47 Å². The summed E-state index contributed by atoms with van der Waals surface area (Å²) in [7, 11) is 0. The van der Waals surface area contributed by atoms with E-state index in [1.807, 2.05) is 6.08 Å². The smallest absolute Gasteiger partial charge is 0.297 e. The Kier molecular flexibility index (Phi) is 14.5. The number of carbonyl (C=O) groups excluding carboxylic acids is 1. The molecule has 0 N–H and O–H groups in total. The van der Waals surface area contributed by atoms with Gasteiger partial charge in [0, 0.05) is 0 Å². The first kappa shape index (κ1) is 16.2. The molecule has 0 saturated heterocycles. The molecule has 2 nitrogen and oxygen atoms in total. The van der Waals surface area contributed by atoms with Gasteiger partial charge in [-0.1, -0.05) is 64.7 Å². The van der Waals surface area contributed by atoms with E-state index >= 15 is 0 Å². The highest BCUT2D eigenvalue weighted by molar-refractivity contribution is 5.38. The molecule has 0 radical (unpaired) electrons. The Balaban J connectivity index is 2.96. The van der Waals surface area contributed by atoms with Crippen LogP contribution in [-0.4, -0.2) is 6.47 Å². The molecule has 0 bridgehead atoms. The van der Waals surface area contributed by atoms with Crippen molar-refractivity contribution in [3.8, 4) is 0 Å². The Morgan fingerprint density at radius 1 is 0.824 bits per heavy atom. The van der Waals surface area contributed by atoms with Crippen LogP contribution in [0.4, 0.5) is 0 Å². The van der Waals surface area contributed by atoms with E-state index in [0.29, 0.717) is 6.47 Å². The van der Waals surface area contributed by atoms with Crippen molar-refractivity contribution in [3.05, 3.63) is 12.3 Å². The number of unbranched alkanes of at least 4 members (excludes halogenated alkanes) is 10. The molecule has 0 aliphatic heterocycles. The number of hydrogen-bond donors (Lipinski definition) is 0. The summed E-state index contributed by atoms with van der Waals surface area (Å²) in [6, 6.07) is 0. The molecule has 0 heterocycles. The summed E-state index contributed by atoms with van der Waals surface area (Å²) in [5.41, 5.74) is 0. The van der Waals surface area contributed by atoms with E-state index in [0.717, 1.165) is 6.42 Å². The van der Waals surface area contributed by atoms with Crippen molar-refractivity contribution in [3.63, 3.8) is 0 Å². The molecule has 0 atom stereocenters. The van der Waals surface area contributed by atoms with Crippen molar-refractivity contribution in [1.29, 1.82) is 0 Å². The quantitative estimate of drug-likeness (QED) is 0.258. The van der Waals surface area contributed by atoms with Gasteiger partial charge in [0.15, 0.2) is 0 Å². The first-order chi connectivity index (χ1) is 8.41. The molecule has 0 amide bonds. The molecule has 0 saturated carbocycles. The van der Waals surface area contributed by atoms with Gasteiger partial charge in [-0.05, 0) is 18.9 Å². The highest BCUT2D eigenvalue weighted by Crippen LogP contribution is 2.11. The Hall–Kier alpha value is -0.790. The molecule has 0 spiro atoms. The maximum atomic E-state index is 9.83. The summed E-state index contributed by atoms with van der Waals surface area (Å²) in [5.74, 6) is 0. The normalized spacial score (nSPS) is 10.9. The Morgan fingerprint density at radius 3 is 1.88 bits per heavy atom. The molecular weight excluding hydrogens is 212 g/mol. The monoisotopic (exact) mass is 240 g/mol. The third-order valence-electron chi connectivity index (χ3n) is 2.95. The van der Waals surface area contributed by atoms with Crippen LogP contribution in [0.3, 0.4) is 0 Å². The van der Waals surface area contributed by atoms with E-state index in [-0.39, 0.29) is 0 Å². The van der Waals surface area contributed by atoms with Gasteiger partial charge >= 0.3 is 0 Å². The molecule has 0 aromatic heterocycles. The standard InChI is InChI=1S/C15H28O2/c1-2-3-4-5-6-7-8-9-10-11-12-13-14-17-15-16/h13-15H,2-12H2,1H3/b14-13+. The topological polar surface area (TPSA) is 26.3 Å². The molecule has 2 heteroatoms. The predicted molar refractivity (Wildman–Crippen MR) is 72.8 cm³/mol. The average Bonchev–Trinajstić information content (AvgIpc) is 2.35. The van der Waals surface area contributed by atoms with Crippen LogP contribution in [0, 0.1) is 0 Å². The van der Waals surface area contributed by atoms with Crippen LogP contribution in [0.5, 0.6) is 0 Å². The number of rotatable bonds is 13. The van der Waals surface area contributed by atoms with E-state index in [4.69, 9.17) is 0 Å². The van der Waals surface area contributed by atoms with E-state index in [2.05, 4.69) is 11.7 Å². The number of allylic oxidation sites excluding steroid dienone is 1. The van der Waals surface area contributed by atoms with E-state index < -0.39 is 0 Å². The number of hydrogen-bond acceptors (Lipinski definition) is 2. The fourth-order valence-corrected chi connectivity index (χ4v) is 1.91. The summed E-state index contributed by atoms with van der Waals surface area (Å²) in [5, 5.41) is 0. The Bertz CT molecular complexity index is 176. The zero-order valence-electron chi connectivity index (χ0n) is 11.3. The van der Waals surface area contributed by atoms with Gasteiger partial charge in [0.1, 0.15) is 0 Å². The Morgan fingerprint density at radius 2 is 1.35 bits per heavy atom. The van der Waals surface area contributed by atoms with Crippen LogP contribution in [0.1, 0.15) is 77.6 Å². The van der Waals surface area contributed by atoms with Gasteiger partial charge < -0.3 is 4.74 Å². The third kappa shape index (κ3) is 15.2. The Labute approximate surface area is 106 Å². The van der Waals surface area contributed by atoms with Gasteiger partial charge in [0.05, 0.1) is 6.26 Å². The van der Waals surface area contributed by atoms with Crippen molar-refractivity contribution in [2.75, 3.05) is 0 Å². The van der Waals surface area contributed by atoms with Crippen molar-refractivity contribution >= 4 is 6.47 Å². The largest absolute Gasteiger partial charge is 0.437 e. The first-order valence-corrected chi connectivity index (χ1v) is 7.16. The zero-order valence-corrected chi connectivity index (χ0v) is 11.3. The molecule has 0 aliphatic rings. The third-order valence-corrected chi connectivity index (χ3v) is 2.95. The van der Waals surface area contributed by atoms with Crippen molar-refractivity contribution in [2.24, 2.45) is 0 Å². The van der Waals surface area contributed by atoms with Crippen molar-refractivity contribution < 1.29 is 9.53 Å². The second-order valence-corrected chi connectivity index (χ2v) is 4.57. The highest BCUT2D eigenvalue weighted by atomic mass is 16.5. The van der Waals surface area contributed by atoms with E-state index in [1.165, 1.54) is 70.5 Å². The lowest BCUT2D eigenvalue weighted by atomic mass is 10.1. The van der Waals surface area contributed by atoms with Crippen molar-refractivity contribution in [2.45, 2.75) is 77.6 Å². The molecule has 0 unspecified atom stereocenters. The molecule has 17 heavy (non-hydrogen) atoms. The molecule has 0 fully saturated rings. The van der Waals surface area contributed by atoms with Gasteiger partial charge in [0.2, 0.25) is 0 Å². The van der Waals surface area contributed by atoms with Gasteiger partial charge in [-0.2, -0.15) is 0 Å². The molecule has 100 valence electrons. The van der Waals surface area contributed by atoms with Crippen LogP contribution in [0.25, 0.3) is 0 Å². The van der Waals surface area contributed by atoms with Crippen LogP contribution < -0.4 is 0 Å². The van der Waals surface area contributed by atoms with E-state index in [1.54, 1.807) is 0 Å². The fourth-order valence-electron chi connectivity index (χ4n) is 1.91. The van der Waals surface area contributed by atoms with Gasteiger partial charge in [-0.25, -0.2) is 0 Å². The minimum Gasteiger partial charge on any atom is -0.437 e. The minimum absolute atomic E-state index is 0.453. The zero-order chi connectivity index (χ0) is 12.6. The van der Waals surface area contributed by atoms with Crippen LogP contribution in [-0.2, 0) is 9.53 Å². The molecule has 0 aromatic rings. The van der Waals surface area contributed by atoms with E-state index in [9.17, 15) is 4.79 Å². The lowest BCUT2D eigenvalue weighted by Crippen LogP contribution is -1.81. The summed E-state index contributed by atoms with van der Waals surface area (Å²) in [4.78, 5) is 9.83. The lowest BCUT2D eigenvalue weighted by Gasteiger charge is -2.01. The summed E-state index contributed by atoms with van der Waals surface area (Å²) in [6.07, 6.45) is 18.0. The maximum Gasteiger partial charge on any atom is 0.297 e.